The molecule has 0 saturated heterocycles. The minimum atomic E-state index is -4.27. The van der Waals surface area contributed by atoms with Crippen molar-refractivity contribution in [2.75, 3.05) is 17.6 Å². The third kappa shape index (κ3) is 5.36. The lowest BCUT2D eigenvalue weighted by Crippen LogP contribution is -2.24. The third-order valence-electron chi connectivity index (χ3n) is 4.60. The molecule has 1 fully saturated rings. The minimum Gasteiger partial charge on any atom is -0.397 e. The van der Waals surface area contributed by atoms with Crippen molar-refractivity contribution >= 4 is 38.6 Å². The average molecular weight is 498 g/mol. The van der Waals surface area contributed by atoms with Crippen molar-refractivity contribution in [3.05, 3.63) is 45.2 Å². The number of nitrogens with zero attached hydrogens (tertiary/aromatic N) is 3. The van der Waals surface area contributed by atoms with Gasteiger partial charge in [0.1, 0.15) is 17.0 Å². The maximum absolute atomic E-state index is 13.2. The van der Waals surface area contributed by atoms with E-state index in [1.54, 1.807) is 16.7 Å². The smallest absolute Gasteiger partial charge is 0.390 e. The molecule has 31 heavy (non-hydrogen) atoms. The number of alkyl halides is 3. The van der Waals surface area contributed by atoms with Crippen molar-refractivity contribution in [3.8, 4) is 11.3 Å². The zero-order chi connectivity index (χ0) is 22.8. The highest BCUT2D eigenvalue weighted by Crippen LogP contribution is 2.37. The Morgan fingerprint density at radius 1 is 1.23 bits per heavy atom. The van der Waals surface area contributed by atoms with Crippen LogP contribution in [0.4, 0.5) is 24.7 Å². The molecule has 2 aromatic heterocycles. The number of halogens is 4. The van der Waals surface area contributed by atoms with E-state index in [1.165, 1.54) is 6.07 Å². The third-order valence-corrected chi connectivity index (χ3v) is 5.09. The first-order chi connectivity index (χ1) is 14.7. The average Bonchev–Trinajstić information content (AvgIpc) is 3.53. The second-order valence-corrected chi connectivity index (χ2v) is 7.85. The maximum Gasteiger partial charge on any atom is 0.390 e. The fourth-order valence-electron chi connectivity index (χ4n) is 3.11. The number of nitrogens with one attached hydrogen (secondary N) is 1. The van der Waals surface area contributed by atoms with Crippen LogP contribution in [0.2, 0.25) is 0 Å². The first-order valence-corrected chi connectivity index (χ1v) is 10.8. The summed E-state index contributed by atoms with van der Waals surface area (Å²) in [7, 11) is 0. The molecule has 0 spiro atoms. The Morgan fingerprint density at radius 2 is 1.94 bits per heavy atom. The van der Waals surface area contributed by atoms with Crippen LogP contribution in [0.15, 0.2) is 39.6 Å². The molecule has 1 aliphatic rings. The van der Waals surface area contributed by atoms with Crippen LogP contribution in [0.3, 0.4) is 0 Å². The number of benzene rings is 1. The second-order valence-electron chi connectivity index (χ2n) is 6.94. The zero-order valence-electron chi connectivity index (χ0n) is 17.1. The van der Waals surface area contributed by atoms with Gasteiger partial charge in [-0.15, -0.1) is 0 Å². The van der Waals surface area contributed by atoms with Gasteiger partial charge in [0.05, 0.1) is 12.1 Å². The van der Waals surface area contributed by atoms with Gasteiger partial charge in [0.2, 0.25) is 0 Å². The number of nitrogens with two attached hydrogens (primary N) is 1. The minimum absolute atomic E-state index is 0.0174. The van der Waals surface area contributed by atoms with Crippen LogP contribution in [-0.2, 0) is 0 Å². The number of anilines is 2. The highest BCUT2D eigenvalue weighted by Gasteiger charge is 2.30. The van der Waals surface area contributed by atoms with Crippen molar-refractivity contribution in [2.24, 2.45) is 0 Å². The fraction of sp³-hybridized carbons (Fsp3) is 0.381. The van der Waals surface area contributed by atoms with Crippen LogP contribution in [0.25, 0.3) is 22.4 Å². The topological polar surface area (TPSA) is 85.8 Å². The summed E-state index contributed by atoms with van der Waals surface area (Å²) in [6, 6.07) is 8.66. The molecule has 4 rings (SSSR count). The predicted molar refractivity (Wildman–Crippen MR) is 120 cm³/mol. The molecule has 0 atom stereocenters. The Kier molecular flexibility index (Phi) is 6.88. The number of aromatic nitrogens is 3. The first kappa shape index (κ1) is 23.1. The largest absolute Gasteiger partial charge is 0.397 e. The number of rotatable bonds is 5. The van der Waals surface area contributed by atoms with Crippen LogP contribution in [0.5, 0.6) is 0 Å². The summed E-state index contributed by atoms with van der Waals surface area (Å²) in [5.74, 6) is 0.185. The van der Waals surface area contributed by atoms with Crippen molar-refractivity contribution in [3.63, 3.8) is 0 Å². The van der Waals surface area contributed by atoms with Crippen molar-refractivity contribution in [2.45, 2.75) is 45.3 Å². The van der Waals surface area contributed by atoms with Crippen LogP contribution in [-0.4, -0.2) is 27.3 Å². The summed E-state index contributed by atoms with van der Waals surface area (Å²) in [5.41, 5.74) is 7.64. The van der Waals surface area contributed by atoms with Gasteiger partial charge in [-0.05, 0) is 25.0 Å². The quantitative estimate of drug-likeness (QED) is 0.483. The normalized spacial score (nSPS) is 13.6. The summed E-state index contributed by atoms with van der Waals surface area (Å²) in [6.07, 6.45) is -3.62. The summed E-state index contributed by atoms with van der Waals surface area (Å²) < 4.78 is 39.6. The molecule has 3 aromatic rings. The molecule has 3 N–H and O–H groups in total. The van der Waals surface area contributed by atoms with E-state index in [1.807, 2.05) is 26.0 Å². The number of fused-ring (bicyclic) bond motifs is 1. The van der Waals surface area contributed by atoms with Crippen LogP contribution in [0.1, 0.15) is 39.2 Å². The van der Waals surface area contributed by atoms with E-state index in [2.05, 4.69) is 31.2 Å². The maximum atomic E-state index is 13.2. The van der Waals surface area contributed by atoms with Gasteiger partial charge in [0.15, 0.2) is 5.65 Å². The lowest BCUT2D eigenvalue weighted by Gasteiger charge is -2.15. The van der Waals surface area contributed by atoms with Crippen LogP contribution < -0.4 is 16.6 Å². The van der Waals surface area contributed by atoms with Gasteiger partial charge in [-0.1, -0.05) is 41.9 Å². The molecular weight excluding hydrogens is 475 g/mol. The molecule has 1 aromatic carbocycles. The van der Waals surface area contributed by atoms with Crippen molar-refractivity contribution in [1.82, 2.24) is 14.5 Å². The Morgan fingerprint density at radius 3 is 2.55 bits per heavy atom. The first-order valence-electron chi connectivity index (χ1n) is 10.0. The SMILES string of the molecule is CC.Nc1cc(NCCC(F)(F)F)nc2c1nc(-c1cccc(Br)c1)c(=O)n2C1CC1. The van der Waals surface area contributed by atoms with E-state index in [4.69, 9.17) is 5.73 Å². The van der Waals surface area contributed by atoms with E-state index < -0.39 is 12.6 Å². The van der Waals surface area contributed by atoms with Crippen molar-refractivity contribution in [1.29, 1.82) is 0 Å². The van der Waals surface area contributed by atoms with Gasteiger partial charge in [-0.2, -0.15) is 13.2 Å². The summed E-state index contributed by atoms with van der Waals surface area (Å²) >= 11 is 3.39. The Labute approximate surface area is 185 Å². The molecule has 6 nitrogen and oxygen atoms in total. The van der Waals surface area contributed by atoms with E-state index >= 15 is 0 Å². The van der Waals surface area contributed by atoms with Gasteiger partial charge >= 0.3 is 6.18 Å². The molecule has 0 radical (unpaired) electrons. The monoisotopic (exact) mass is 497 g/mol. The summed E-state index contributed by atoms with van der Waals surface area (Å²) in [5, 5.41) is 2.63. The standard InChI is InChI=1S/C19H17BrF3N5O.C2H6/c20-11-3-1-2-10(8-11)15-18(29)28(12-4-5-12)17-16(27-15)13(24)9-14(26-17)25-7-6-19(21,22)23;1-2/h1-3,8-9,12H,4-7H2,(H3,24,25,26);1-2H3. The number of hydrogen-bond donors (Lipinski definition) is 2. The van der Waals surface area contributed by atoms with Gasteiger partial charge < -0.3 is 11.1 Å². The number of hydrogen-bond acceptors (Lipinski definition) is 5. The summed E-state index contributed by atoms with van der Waals surface area (Å²) in [6.45, 7) is 3.67. The molecule has 1 aliphatic carbocycles. The molecule has 1 saturated carbocycles. The molecule has 166 valence electrons. The zero-order valence-corrected chi connectivity index (χ0v) is 18.7. The van der Waals surface area contributed by atoms with Crippen molar-refractivity contribution < 1.29 is 13.2 Å². The molecule has 0 unspecified atom stereocenters. The Hall–Kier alpha value is -2.62. The highest BCUT2D eigenvalue weighted by atomic mass is 79.9. The molecule has 2 heterocycles. The lowest BCUT2D eigenvalue weighted by molar-refractivity contribution is -0.131. The summed E-state index contributed by atoms with van der Waals surface area (Å²) in [4.78, 5) is 22.0. The van der Waals surface area contributed by atoms with E-state index in [-0.39, 0.29) is 41.0 Å². The van der Waals surface area contributed by atoms with Gasteiger partial charge in [0, 0.05) is 28.7 Å². The van der Waals surface area contributed by atoms with Crippen LogP contribution in [0, 0.1) is 0 Å². The molecule has 0 bridgehead atoms. The second kappa shape index (κ2) is 9.25. The van der Waals surface area contributed by atoms with E-state index in [9.17, 15) is 18.0 Å². The molecule has 0 aliphatic heterocycles. The predicted octanol–water partition coefficient (Wildman–Crippen LogP) is 5.53. The fourth-order valence-corrected chi connectivity index (χ4v) is 3.51. The van der Waals surface area contributed by atoms with Gasteiger partial charge in [-0.25, -0.2) is 9.97 Å². The lowest BCUT2D eigenvalue weighted by atomic mass is 10.1. The van der Waals surface area contributed by atoms with E-state index in [0.29, 0.717) is 11.1 Å². The number of pyridine rings is 1. The highest BCUT2D eigenvalue weighted by molar-refractivity contribution is 9.10. The Balaban J connectivity index is 0.00000132. The molecule has 0 amide bonds. The van der Waals surface area contributed by atoms with Crippen LogP contribution >= 0.6 is 15.9 Å². The Bertz CT molecular complexity index is 1140. The number of nitrogen functional groups attached to an aromatic ring is 1. The molecule has 10 heteroatoms. The van der Waals surface area contributed by atoms with Gasteiger partial charge in [0.25, 0.3) is 5.56 Å². The van der Waals surface area contributed by atoms with Gasteiger partial charge in [-0.3, -0.25) is 9.36 Å². The van der Waals surface area contributed by atoms with E-state index in [0.717, 1.165) is 17.3 Å². The molecular formula is C21H23BrF3N5O.